The van der Waals surface area contributed by atoms with E-state index in [1.165, 1.54) is 24.2 Å². The van der Waals surface area contributed by atoms with E-state index in [0.717, 1.165) is 30.4 Å². The van der Waals surface area contributed by atoms with Crippen LogP contribution in [0.2, 0.25) is 0 Å². The van der Waals surface area contributed by atoms with Gasteiger partial charge in [0.25, 0.3) is 11.8 Å². The summed E-state index contributed by atoms with van der Waals surface area (Å²) in [5.74, 6) is -2.87. The molecule has 0 unspecified atom stereocenters. The Kier molecular flexibility index (Phi) is 21.5. The summed E-state index contributed by atoms with van der Waals surface area (Å²) in [6.45, 7) is 10.7. The van der Waals surface area contributed by atoms with Gasteiger partial charge in [-0.3, -0.25) is 43.3 Å². The summed E-state index contributed by atoms with van der Waals surface area (Å²) in [4.78, 5) is 111. The summed E-state index contributed by atoms with van der Waals surface area (Å²) in [5, 5.41) is 15.4. The van der Waals surface area contributed by atoms with Crippen LogP contribution in [0.1, 0.15) is 116 Å². The van der Waals surface area contributed by atoms with Gasteiger partial charge in [-0.1, -0.05) is 89.9 Å². The highest BCUT2D eigenvalue weighted by Crippen LogP contribution is 2.36. The summed E-state index contributed by atoms with van der Waals surface area (Å²) in [6, 6.07) is 13.9. The minimum atomic E-state index is -0.967. The third-order valence-corrected chi connectivity index (χ3v) is 15.9. The van der Waals surface area contributed by atoms with Crippen molar-refractivity contribution in [2.45, 2.75) is 167 Å². The first-order valence-electron chi connectivity index (χ1n) is 27.2. The number of nitrogens with zero attached hydrogens (tertiary/aromatic N) is 3. The molecule has 4 aliphatic rings. The molecule has 0 aromatic heterocycles. The van der Waals surface area contributed by atoms with Crippen LogP contribution in [0, 0.1) is 23.7 Å². The second-order valence-corrected chi connectivity index (χ2v) is 21.4. The molecule has 2 aromatic carbocycles. The number of anilines is 1. The fourth-order valence-electron chi connectivity index (χ4n) is 11.4. The number of rotatable bonds is 28. The van der Waals surface area contributed by atoms with Crippen LogP contribution in [-0.4, -0.2) is 145 Å². The van der Waals surface area contributed by atoms with Crippen molar-refractivity contribution in [3.8, 4) is 0 Å². The van der Waals surface area contributed by atoms with E-state index < -0.39 is 54.1 Å². The number of carbonyl (C=O) groups excluding carboxylic acids is 8. The average molecular weight is 1040 g/mol. The van der Waals surface area contributed by atoms with Gasteiger partial charge in [0.15, 0.2) is 0 Å². The number of benzene rings is 2. The molecule has 2 aromatic rings. The van der Waals surface area contributed by atoms with E-state index in [9.17, 15) is 38.4 Å². The van der Waals surface area contributed by atoms with Crippen LogP contribution in [0.25, 0.3) is 0 Å². The number of fused-ring (bicyclic) bond motifs is 2. The number of unbranched alkanes of at least 4 members (excludes halogenated alkanes) is 2. The summed E-state index contributed by atoms with van der Waals surface area (Å²) in [7, 11) is 4.81. The Balaban J connectivity index is 1.04. The van der Waals surface area contributed by atoms with Crippen LogP contribution >= 0.6 is 0 Å². The van der Waals surface area contributed by atoms with Crippen LogP contribution in [0.3, 0.4) is 0 Å². The molecule has 75 heavy (non-hydrogen) atoms. The maximum absolute atomic E-state index is 14.5. The predicted molar refractivity (Wildman–Crippen MR) is 284 cm³/mol. The van der Waals surface area contributed by atoms with Crippen molar-refractivity contribution in [1.82, 2.24) is 36.0 Å². The normalized spacial score (nSPS) is 21.8. The number of methoxy groups -OCH3 is 2. The number of nitrogens with one attached hydrogen (secondary N) is 5. The maximum Gasteiger partial charge on any atom is 0.253 e. The topological polar surface area (TPSA) is 225 Å². The highest BCUT2D eigenvalue weighted by Gasteiger charge is 2.46. The van der Waals surface area contributed by atoms with Gasteiger partial charge < -0.3 is 45.9 Å². The van der Waals surface area contributed by atoms with Crippen LogP contribution < -0.4 is 26.6 Å². The van der Waals surface area contributed by atoms with E-state index in [2.05, 4.69) is 26.6 Å². The van der Waals surface area contributed by atoms with Crippen molar-refractivity contribution < 1.29 is 47.8 Å². The largest absolute Gasteiger partial charge is 0.379 e. The Bertz CT molecular complexity index is 2310. The molecule has 18 nitrogen and oxygen atoms in total. The number of likely N-dealkylation sites (tertiary alicyclic amines) is 1. The first-order valence-corrected chi connectivity index (χ1v) is 27.2. The lowest BCUT2D eigenvalue weighted by Gasteiger charge is -2.41. The first kappa shape index (κ1) is 58.3. The zero-order valence-corrected chi connectivity index (χ0v) is 45.3. The minimum absolute atomic E-state index is 0.0198. The number of likely N-dealkylation sites (N-methyl/N-ethyl adjacent to an activating group) is 1. The average Bonchev–Trinajstić information content (AvgIpc) is 4.24. The summed E-state index contributed by atoms with van der Waals surface area (Å²) < 4.78 is 12.2. The van der Waals surface area contributed by atoms with Gasteiger partial charge >= 0.3 is 0 Å². The predicted octanol–water partition coefficient (Wildman–Crippen LogP) is 4.66. The Morgan fingerprint density at radius 1 is 0.827 bits per heavy atom. The Morgan fingerprint density at radius 2 is 1.53 bits per heavy atom. The number of amides is 8. The van der Waals surface area contributed by atoms with Gasteiger partial charge in [-0.2, -0.15) is 0 Å². The van der Waals surface area contributed by atoms with E-state index >= 15 is 0 Å². The van der Waals surface area contributed by atoms with Gasteiger partial charge in [0.2, 0.25) is 35.4 Å². The van der Waals surface area contributed by atoms with Crippen LogP contribution in [0.4, 0.5) is 5.69 Å². The van der Waals surface area contributed by atoms with E-state index in [1.54, 1.807) is 55.1 Å². The molecule has 410 valence electrons. The van der Waals surface area contributed by atoms with Crippen molar-refractivity contribution in [2.75, 3.05) is 39.7 Å². The number of carbonyl (C=O) groups is 8. The third-order valence-electron chi connectivity index (χ3n) is 15.9. The minimum Gasteiger partial charge on any atom is -0.379 e. The van der Waals surface area contributed by atoms with Gasteiger partial charge in [0.05, 0.1) is 42.7 Å². The number of hydrogen-bond acceptors (Lipinski definition) is 11. The number of ether oxygens (including phenoxy) is 2. The van der Waals surface area contributed by atoms with E-state index in [1.807, 2.05) is 58.0 Å². The number of hydrogen-bond donors (Lipinski definition) is 5. The molecule has 0 spiro atoms. The lowest BCUT2D eigenvalue weighted by molar-refractivity contribution is -0.148. The first-order chi connectivity index (χ1) is 35.9. The van der Waals surface area contributed by atoms with Crippen LogP contribution in [-0.2, 0) is 60.8 Å². The Morgan fingerprint density at radius 3 is 2.15 bits per heavy atom. The van der Waals surface area contributed by atoms with E-state index in [4.69, 9.17) is 9.47 Å². The third kappa shape index (κ3) is 15.3. The second-order valence-electron chi connectivity index (χ2n) is 21.4. The van der Waals surface area contributed by atoms with Gasteiger partial charge in [-0.05, 0) is 86.0 Å². The standard InChI is InChI=1S/C57H82N8O10/c1-9-36(4)52(63(6)57(73)50(35(2)3)62-56(72)51-40-23-26-42(32-40)59-51)45(74-7)33-49(69)64-30-16-19-44(64)53(75-8)37(5)54(70)61-43(31-38-17-12-10-13-18-38)55(71)60-41-24-21-39(22-25-41)34-58-46(66)20-14-11-15-29-65-47(67)27-28-48(65)68/h10,12-13,17-18,21-22,24-25,27-28,35-37,40,42-45,50-53,59H,9,11,14-16,19-20,23,26,29-34H2,1-8H3,(H,58,66)(H,60,71)(H,61,70)(H,62,72)/t36-,37+,40-,42+,43-,44-,45+,50-,51-,52-,53+/m0/s1. The van der Waals surface area contributed by atoms with Gasteiger partial charge in [-0.15, -0.1) is 0 Å². The van der Waals surface area contributed by atoms with Crippen molar-refractivity contribution in [1.29, 1.82) is 0 Å². The maximum atomic E-state index is 14.5. The molecule has 18 heteroatoms. The highest BCUT2D eigenvalue weighted by atomic mass is 16.5. The molecule has 3 fully saturated rings. The fraction of sp³-hybridized carbons (Fsp3) is 0.614. The Hall–Kier alpha value is -5.98. The second kappa shape index (κ2) is 27.7. The molecular weight excluding hydrogens is 957 g/mol. The monoisotopic (exact) mass is 1040 g/mol. The molecule has 0 radical (unpaired) electrons. The van der Waals surface area contributed by atoms with Crippen LogP contribution in [0.5, 0.6) is 0 Å². The van der Waals surface area contributed by atoms with Crippen molar-refractivity contribution in [3.63, 3.8) is 0 Å². The molecule has 8 amide bonds. The lowest BCUT2D eigenvalue weighted by atomic mass is 9.89. The molecule has 2 saturated heterocycles. The van der Waals surface area contributed by atoms with Crippen molar-refractivity contribution >= 4 is 52.9 Å². The molecule has 2 bridgehead atoms. The zero-order chi connectivity index (χ0) is 54.3. The molecule has 3 heterocycles. The summed E-state index contributed by atoms with van der Waals surface area (Å²) >= 11 is 0. The molecule has 11 atom stereocenters. The fourth-order valence-corrected chi connectivity index (χ4v) is 11.4. The SMILES string of the molecule is CC[C@H](C)[C@@H]([C@@H](CC(=O)N1CCC[C@H]1[C@H](OC)[C@@H](C)C(=O)N[C@@H](Cc1ccccc1)C(=O)Nc1ccc(CNC(=O)CCCCCN2C(=O)C=CC2=O)cc1)OC)N(C)C(=O)[C@@H](NC(=O)[C@H]1N[C@@H]2CC[C@H]1C2)C(C)C. The van der Waals surface area contributed by atoms with Crippen molar-refractivity contribution in [3.05, 3.63) is 77.9 Å². The van der Waals surface area contributed by atoms with Gasteiger partial charge in [0.1, 0.15) is 12.1 Å². The zero-order valence-electron chi connectivity index (χ0n) is 45.3. The lowest BCUT2D eigenvalue weighted by Crippen LogP contribution is -2.60. The molecule has 1 saturated carbocycles. The van der Waals surface area contributed by atoms with Gasteiger partial charge in [0, 0.05) is 77.6 Å². The quantitative estimate of drug-likeness (QED) is 0.0583. The Labute approximate surface area is 443 Å². The highest BCUT2D eigenvalue weighted by molar-refractivity contribution is 6.12. The summed E-state index contributed by atoms with van der Waals surface area (Å²) in [6.07, 6.45) is 8.62. The molecule has 1 aliphatic carbocycles. The smallest absolute Gasteiger partial charge is 0.253 e. The summed E-state index contributed by atoms with van der Waals surface area (Å²) in [5.41, 5.74) is 2.17. The van der Waals surface area contributed by atoms with E-state index in [-0.39, 0.29) is 78.6 Å². The van der Waals surface area contributed by atoms with Gasteiger partial charge in [-0.25, -0.2) is 0 Å². The number of imide groups is 1. The van der Waals surface area contributed by atoms with Crippen molar-refractivity contribution in [2.24, 2.45) is 23.7 Å². The van der Waals surface area contributed by atoms with E-state index in [0.29, 0.717) is 69.8 Å². The molecular formula is C57H82N8O10. The molecule has 6 rings (SSSR count). The molecule has 5 N–H and O–H groups in total. The van der Waals surface area contributed by atoms with Crippen LogP contribution in [0.15, 0.2) is 66.7 Å². The molecule has 3 aliphatic heterocycles. The number of piperidine rings is 1.